The normalized spacial score (nSPS) is 28.5. The first-order valence-electron chi connectivity index (χ1n) is 18.9. The van der Waals surface area contributed by atoms with Crippen LogP contribution in [0.5, 0.6) is 11.5 Å². The number of rotatable bonds is 2. The van der Waals surface area contributed by atoms with Gasteiger partial charge >= 0.3 is 5.97 Å². The molecule has 4 bridgehead atoms. The van der Waals surface area contributed by atoms with Gasteiger partial charge in [0.1, 0.15) is 39.9 Å². The van der Waals surface area contributed by atoms with Crippen molar-refractivity contribution >= 4 is 56.4 Å². The number of esters is 1. The number of anilines is 2. The number of nitrogen functional groups attached to an aromatic ring is 2. The first-order chi connectivity index (χ1) is 27.3. The Kier molecular flexibility index (Phi) is 8.16. The predicted molar refractivity (Wildman–Crippen MR) is 220 cm³/mol. The van der Waals surface area contributed by atoms with Crippen molar-refractivity contribution in [3.05, 3.63) is 104 Å². The highest BCUT2D eigenvalue weighted by atomic mass is 33.1. The SMILES string of the molecule is Cc1cc(=O)c2c(O)c3c(cc2o1)O[C@@]1(C)C[C@@H]2C=C[C@]1(C3)OC(=O)[C@@]1(C)O[C@@H]1CCc1cc(N)nc(c1)-c1cc(CN3C=C4N=CC=C4C3)nc(N)c1CSS2. The lowest BCUT2D eigenvalue weighted by Crippen LogP contribution is -2.64. The van der Waals surface area contributed by atoms with E-state index in [0.29, 0.717) is 66.0 Å². The fourth-order valence-corrected chi connectivity index (χ4v) is 11.5. The van der Waals surface area contributed by atoms with E-state index in [2.05, 4.69) is 16.0 Å². The number of benzene rings is 1. The summed E-state index contributed by atoms with van der Waals surface area (Å²) in [6.45, 7) is 6.65. The Hall–Kier alpha value is -5.25. The molecule has 5 atom stereocenters. The number of aromatic hydroxyl groups is 1. The van der Waals surface area contributed by atoms with Gasteiger partial charge in [0.15, 0.2) is 22.2 Å². The zero-order valence-corrected chi connectivity index (χ0v) is 33.2. The van der Waals surface area contributed by atoms with Gasteiger partial charge in [0.2, 0.25) is 0 Å². The number of hydrogen-bond donors (Lipinski definition) is 3. The molecule has 1 aliphatic carbocycles. The molecule has 1 spiro atoms. The minimum atomic E-state index is -1.32. The number of nitrogens with two attached hydrogens (primary N) is 2. The van der Waals surface area contributed by atoms with E-state index in [1.807, 2.05) is 49.7 Å². The first-order valence-corrected chi connectivity index (χ1v) is 21.3. The Labute approximate surface area is 335 Å². The van der Waals surface area contributed by atoms with E-state index in [9.17, 15) is 14.7 Å². The van der Waals surface area contributed by atoms with E-state index >= 15 is 0 Å². The summed E-state index contributed by atoms with van der Waals surface area (Å²) in [7, 11) is 3.29. The van der Waals surface area contributed by atoms with Gasteiger partial charge in [-0.2, -0.15) is 0 Å². The second kappa shape index (κ2) is 12.9. The van der Waals surface area contributed by atoms with Crippen LogP contribution in [0.3, 0.4) is 0 Å². The number of ether oxygens (including phenoxy) is 3. The van der Waals surface area contributed by atoms with Gasteiger partial charge in [-0.25, -0.2) is 14.8 Å². The summed E-state index contributed by atoms with van der Waals surface area (Å²) in [6.07, 6.45) is 11.1. The largest absolute Gasteiger partial charge is 0.507 e. The maximum Gasteiger partial charge on any atom is 0.341 e. The molecule has 0 radical (unpaired) electrons. The van der Waals surface area contributed by atoms with E-state index in [-0.39, 0.29) is 33.8 Å². The third-order valence-corrected chi connectivity index (χ3v) is 14.6. The maximum absolute atomic E-state index is 14.2. The highest BCUT2D eigenvalue weighted by Gasteiger charge is 2.64. The van der Waals surface area contributed by atoms with Crippen molar-refractivity contribution in [1.82, 2.24) is 14.9 Å². The summed E-state index contributed by atoms with van der Waals surface area (Å²) in [5.41, 5.74) is 16.2. The fraction of sp³-hybridized carbons (Fsp3) is 0.357. The van der Waals surface area contributed by atoms with Crippen molar-refractivity contribution in [2.75, 3.05) is 18.0 Å². The standard InChI is InChI=1S/C42H40N6O7S2/c1-21-10-31(49)36-33(52-21)14-32-27(37(36)50)16-42-8-6-25(15-40(42,2)53-32)57-56-20-28-26(13-24(46-38(28)44)18-48-17-23-7-9-45-30(23)19-48)29-11-22(12-35(43)47-29)4-5-34-41(3,54-34)39(51)55-42/h6-14,19,25,34,50H,4-5,15-18,20H2,1-3H3,(H2,43,47)(H2,44,46)/t25-,34+,40-,41-,42+/m0/s1. The number of aromatic nitrogens is 2. The quantitative estimate of drug-likeness (QED) is 0.0913. The molecule has 57 heavy (non-hydrogen) atoms. The van der Waals surface area contributed by atoms with Crippen molar-refractivity contribution < 1.29 is 28.5 Å². The molecular formula is C42H40N6O7S2. The summed E-state index contributed by atoms with van der Waals surface area (Å²) in [5.74, 6) is 1.36. The lowest BCUT2D eigenvalue weighted by molar-refractivity contribution is -0.186. The molecule has 1 aromatic carbocycles. The number of aryl methyl sites for hydroxylation is 2. The van der Waals surface area contributed by atoms with Gasteiger partial charge < -0.3 is 40.1 Å². The number of fused-ring (bicyclic) bond motifs is 7. The summed E-state index contributed by atoms with van der Waals surface area (Å²) >= 11 is 0. The minimum Gasteiger partial charge on any atom is -0.507 e. The van der Waals surface area contributed by atoms with Crippen LogP contribution in [0.4, 0.5) is 11.6 Å². The van der Waals surface area contributed by atoms with E-state index < -0.39 is 28.9 Å². The zero-order chi connectivity index (χ0) is 39.4. The van der Waals surface area contributed by atoms with Gasteiger partial charge in [-0.3, -0.25) is 9.79 Å². The van der Waals surface area contributed by atoms with Gasteiger partial charge in [-0.1, -0.05) is 27.7 Å². The topological polar surface area (TPSA) is 192 Å². The van der Waals surface area contributed by atoms with E-state index in [0.717, 1.165) is 34.6 Å². The summed E-state index contributed by atoms with van der Waals surface area (Å²) < 4.78 is 25.3. The third kappa shape index (κ3) is 6.00. The van der Waals surface area contributed by atoms with Crippen molar-refractivity contribution in [2.24, 2.45) is 4.99 Å². The molecule has 5 N–H and O–H groups in total. The lowest BCUT2D eigenvalue weighted by atomic mass is 9.70. The third-order valence-electron chi connectivity index (χ3n) is 12.0. The Balaban J connectivity index is 1.02. The Bertz CT molecular complexity index is 2620. The predicted octanol–water partition coefficient (Wildman–Crippen LogP) is 6.09. The van der Waals surface area contributed by atoms with E-state index in [4.69, 9.17) is 40.1 Å². The molecule has 1 saturated heterocycles. The number of nitrogens with zero attached hydrogens (tertiary/aromatic N) is 4. The van der Waals surface area contributed by atoms with Crippen molar-refractivity contribution in [1.29, 1.82) is 0 Å². The molecule has 292 valence electrons. The Morgan fingerprint density at radius 3 is 2.77 bits per heavy atom. The number of phenolic OH excluding ortho intramolecular Hbond substituents is 1. The van der Waals surface area contributed by atoms with Crippen LogP contribution >= 0.6 is 21.6 Å². The molecule has 15 heteroatoms. The molecular weight excluding hydrogens is 765 g/mol. The van der Waals surface area contributed by atoms with Gasteiger partial charge in [0, 0.05) is 77.2 Å². The van der Waals surface area contributed by atoms with Crippen LogP contribution in [0.25, 0.3) is 22.2 Å². The number of pyridine rings is 2. The zero-order valence-electron chi connectivity index (χ0n) is 31.5. The summed E-state index contributed by atoms with van der Waals surface area (Å²) in [4.78, 5) is 43.6. The number of hydrogen-bond acceptors (Lipinski definition) is 15. The smallest absolute Gasteiger partial charge is 0.341 e. The monoisotopic (exact) mass is 804 g/mol. The second-order valence-corrected chi connectivity index (χ2v) is 18.6. The molecule has 1 fully saturated rings. The van der Waals surface area contributed by atoms with E-state index in [1.165, 1.54) is 11.6 Å². The highest BCUT2D eigenvalue weighted by molar-refractivity contribution is 8.76. The molecule has 4 aromatic rings. The number of phenols is 1. The number of aliphatic imine (C=N–C) groups is 1. The number of epoxide rings is 1. The first kappa shape index (κ1) is 36.1. The average molecular weight is 805 g/mol. The molecule has 7 aliphatic rings. The van der Waals surface area contributed by atoms with Crippen molar-refractivity contribution in [2.45, 2.75) is 86.9 Å². The molecule has 3 aromatic heterocycles. The maximum atomic E-state index is 14.2. The van der Waals surface area contributed by atoms with Gasteiger partial charge in [0.05, 0.1) is 29.7 Å². The summed E-state index contributed by atoms with van der Waals surface area (Å²) in [5, 5.41) is 11.5. The van der Waals surface area contributed by atoms with E-state index in [1.54, 1.807) is 41.5 Å². The Morgan fingerprint density at radius 2 is 1.93 bits per heavy atom. The molecule has 11 rings (SSSR count). The molecule has 0 unspecified atom stereocenters. The van der Waals surface area contributed by atoms with Crippen LogP contribution in [0.1, 0.15) is 54.8 Å². The highest BCUT2D eigenvalue weighted by Crippen LogP contribution is 2.54. The molecule has 6 aliphatic heterocycles. The van der Waals surface area contributed by atoms with Gasteiger partial charge in [0.25, 0.3) is 0 Å². The van der Waals surface area contributed by atoms with Crippen LogP contribution in [0.2, 0.25) is 0 Å². The van der Waals surface area contributed by atoms with Crippen molar-refractivity contribution in [3.63, 3.8) is 0 Å². The van der Waals surface area contributed by atoms with Crippen LogP contribution in [-0.4, -0.2) is 66.9 Å². The minimum absolute atomic E-state index is 0.0563. The van der Waals surface area contributed by atoms with Crippen LogP contribution in [-0.2, 0) is 39.4 Å². The summed E-state index contributed by atoms with van der Waals surface area (Å²) in [6, 6.07) is 8.94. The van der Waals surface area contributed by atoms with Gasteiger partial charge in [-0.05, 0) is 69.5 Å². The average Bonchev–Trinajstić information content (AvgIpc) is 3.40. The number of carbonyl (C=O) groups excluding carboxylic acids is 1. The molecule has 0 amide bonds. The molecule has 0 saturated carbocycles. The lowest BCUT2D eigenvalue weighted by Gasteiger charge is -2.52. The molecule has 9 heterocycles. The Morgan fingerprint density at radius 1 is 1.07 bits per heavy atom. The van der Waals surface area contributed by atoms with Crippen LogP contribution in [0, 0.1) is 6.92 Å². The number of carbonyl (C=O) groups is 1. The fourth-order valence-electron chi connectivity index (χ4n) is 8.78. The van der Waals surface area contributed by atoms with Crippen LogP contribution < -0.4 is 21.6 Å². The van der Waals surface area contributed by atoms with Crippen molar-refractivity contribution in [3.8, 4) is 22.8 Å². The molecule has 13 nitrogen and oxygen atoms in total. The van der Waals surface area contributed by atoms with Crippen LogP contribution in [0.15, 0.2) is 80.2 Å². The number of allylic oxidation sites excluding steroid dienone is 1. The second-order valence-electron chi connectivity index (χ2n) is 16.0. The van der Waals surface area contributed by atoms with Gasteiger partial charge in [-0.15, -0.1) is 0 Å².